The van der Waals surface area contributed by atoms with Crippen molar-refractivity contribution in [2.75, 3.05) is 11.1 Å². The first-order valence-corrected chi connectivity index (χ1v) is 7.50. The Balaban J connectivity index is 2.22. The molecule has 1 aliphatic carbocycles. The highest BCUT2D eigenvalue weighted by Crippen LogP contribution is 2.32. The van der Waals surface area contributed by atoms with E-state index in [0.29, 0.717) is 28.0 Å². The van der Waals surface area contributed by atoms with Crippen molar-refractivity contribution in [1.82, 2.24) is 0 Å². The SMILES string of the molecule is CC1CCCC(Nc2c(Cl)cc(N)cc2C(N)=O)CC1. The molecular weight excluding hydrogens is 274 g/mol. The largest absolute Gasteiger partial charge is 0.399 e. The molecule has 0 bridgehead atoms. The summed E-state index contributed by atoms with van der Waals surface area (Å²) in [5.41, 5.74) is 12.6. The number of primary amides is 1. The van der Waals surface area contributed by atoms with Crippen LogP contribution in [0.25, 0.3) is 0 Å². The summed E-state index contributed by atoms with van der Waals surface area (Å²) in [6, 6.07) is 3.56. The fourth-order valence-corrected chi connectivity index (χ4v) is 3.09. The molecule has 1 fully saturated rings. The van der Waals surface area contributed by atoms with Gasteiger partial charge in [0, 0.05) is 11.7 Å². The lowest BCUT2D eigenvalue weighted by Gasteiger charge is -2.21. The molecule has 0 spiro atoms. The van der Waals surface area contributed by atoms with Crippen LogP contribution in [0.2, 0.25) is 5.02 Å². The van der Waals surface area contributed by atoms with Gasteiger partial charge in [-0.15, -0.1) is 0 Å². The van der Waals surface area contributed by atoms with E-state index in [4.69, 9.17) is 23.1 Å². The normalized spacial score (nSPS) is 23.1. The number of benzene rings is 1. The van der Waals surface area contributed by atoms with Gasteiger partial charge in [-0.05, 0) is 37.3 Å². The number of hydrogen-bond donors (Lipinski definition) is 3. The van der Waals surface area contributed by atoms with Crippen molar-refractivity contribution < 1.29 is 4.79 Å². The topological polar surface area (TPSA) is 81.1 Å². The number of nitrogens with two attached hydrogens (primary N) is 2. The second kappa shape index (κ2) is 6.35. The number of anilines is 2. The Morgan fingerprint density at radius 3 is 2.75 bits per heavy atom. The van der Waals surface area contributed by atoms with Gasteiger partial charge in [-0.2, -0.15) is 0 Å². The van der Waals surface area contributed by atoms with Crippen LogP contribution in [0.1, 0.15) is 49.4 Å². The first-order valence-electron chi connectivity index (χ1n) is 7.12. The van der Waals surface area contributed by atoms with E-state index in [1.54, 1.807) is 12.1 Å². The number of carbonyl (C=O) groups is 1. The molecule has 1 amide bonds. The highest BCUT2D eigenvalue weighted by molar-refractivity contribution is 6.34. The van der Waals surface area contributed by atoms with Gasteiger partial charge in [0.25, 0.3) is 5.91 Å². The average molecular weight is 296 g/mol. The summed E-state index contributed by atoms with van der Waals surface area (Å²) < 4.78 is 0. The van der Waals surface area contributed by atoms with Crippen molar-refractivity contribution >= 4 is 28.9 Å². The van der Waals surface area contributed by atoms with E-state index in [1.807, 2.05) is 0 Å². The molecule has 5 N–H and O–H groups in total. The lowest BCUT2D eigenvalue weighted by Crippen LogP contribution is -2.22. The summed E-state index contributed by atoms with van der Waals surface area (Å²) in [6.07, 6.45) is 5.81. The third-order valence-electron chi connectivity index (χ3n) is 3.98. The molecule has 20 heavy (non-hydrogen) atoms. The molecule has 2 unspecified atom stereocenters. The summed E-state index contributed by atoms with van der Waals surface area (Å²) in [6.45, 7) is 2.29. The second-order valence-corrected chi connectivity index (χ2v) is 6.15. The standard InChI is InChI=1S/C15H22ClN3O/c1-9-3-2-4-11(6-5-9)19-14-12(15(18)20)7-10(17)8-13(14)16/h7-9,11,19H,2-6,17H2,1H3,(H2,18,20). The van der Waals surface area contributed by atoms with Gasteiger partial charge < -0.3 is 16.8 Å². The monoisotopic (exact) mass is 295 g/mol. The number of nitrogens with one attached hydrogen (secondary N) is 1. The molecule has 1 aromatic carbocycles. The number of halogens is 1. The van der Waals surface area contributed by atoms with Crippen molar-refractivity contribution in [2.45, 2.75) is 45.1 Å². The maximum absolute atomic E-state index is 11.6. The molecule has 1 saturated carbocycles. The van der Waals surface area contributed by atoms with Gasteiger partial charge in [-0.1, -0.05) is 31.4 Å². The van der Waals surface area contributed by atoms with Crippen LogP contribution in [0, 0.1) is 5.92 Å². The Hall–Kier alpha value is -1.42. The Kier molecular flexibility index (Phi) is 4.76. The molecule has 1 aromatic rings. The van der Waals surface area contributed by atoms with Crippen LogP contribution in [0.15, 0.2) is 12.1 Å². The van der Waals surface area contributed by atoms with E-state index in [2.05, 4.69) is 12.2 Å². The fourth-order valence-electron chi connectivity index (χ4n) is 2.80. The summed E-state index contributed by atoms with van der Waals surface area (Å²) in [5, 5.41) is 3.85. The van der Waals surface area contributed by atoms with Crippen LogP contribution in [0.5, 0.6) is 0 Å². The quantitative estimate of drug-likeness (QED) is 0.590. The van der Waals surface area contributed by atoms with Crippen molar-refractivity contribution in [2.24, 2.45) is 11.7 Å². The fraction of sp³-hybridized carbons (Fsp3) is 0.533. The zero-order valence-corrected chi connectivity index (χ0v) is 12.5. The molecule has 0 radical (unpaired) electrons. The van der Waals surface area contributed by atoms with E-state index >= 15 is 0 Å². The molecular formula is C15H22ClN3O. The maximum Gasteiger partial charge on any atom is 0.250 e. The Morgan fingerprint density at radius 2 is 2.05 bits per heavy atom. The van der Waals surface area contributed by atoms with Gasteiger partial charge in [-0.25, -0.2) is 0 Å². The number of carbonyl (C=O) groups excluding carboxylic acids is 1. The maximum atomic E-state index is 11.6. The van der Waals surface area contributed by atoms with E-state index < -0.39 is 5.91 Å². The average Bonchev–Trinajstić information content (AvgIpc) is 2.57. The van der Waals surface area contributed by atoms with Crippen LogP contribution in [0.4, 0.5) is 11.4 Å². The molecule has 0 saturated heterocycles. The summed E-state index contributed by atoms with van der Waals surface area (Å²) in [7, 11) is 0. The van der Waals surface area contributed by atoms with Crippen molar-refractivity contribution in [1.29, 1.82) is 0 Å². The Bertz CT molecular complexity index is 504. The van der Waals surface area contributed by atoms with Gasteiger partial charge in [-0.3, -0.25) is 4.79 Å². The summed E-state index contributed by atoms with van der Waals surface area (Å²) >= 11 is 6.22. The van der Waals surface area contributed by atoms with E-state index in [-0.39, 0.29) is 0 Å². The minimum absolute atomic E-state index is 0.333. The molecule has 2 atom stereocenters. The first kappa shape index (κ1) is 15.0. The minimum atomic E-state index is -0.510. The Morgan fingerprint density at radius 1 is 1.30 bits per heavy atom. The van der Waals surface area contributed by atoms with Gasteiger partial charge in [0.1, 0.15) is 0 Å². The van der Waals surface area contributed by atoms with Crippen LogP contribution < -0.4 is 16.8 Å². The number of amides is 1. The minimum Gasteiger partial charge on any atom is -0.399 e. The lowest BCUT2D eigenvalue weighted by atomic mass is 10.0. The molecule has 0 heterocycles. The molecule has 0 aliphatic heterocycles. The van der Waals surface area contributed by atoms with E-state index in [9.17, 15) is 4.79 Å². The van der Waals surface area contributed by atoms with Crippen LogP contribution in [-0.2, 0) is 0 Å². The number of nitrogen functional groups attached to an aromatic ring is 1. The first-order chi connectivity index (χ1) is 9.47. The van der Waals surface area contributed by atoms with Crippen molar-refractivity contribution in [3.8, 4) is 0 Å². The van der Waals surface area contributed by atoms with Gasteiger partial charge in [0.2, 0.25) is 0 Å². The molecule has 1 aliphatic rings. The number of rotatable bonds is 3. The smallest absolute Gasteiger partial charge is 0.250 e. The lowest BCUT2D eigenvalue weighted by molar-refractivity contribution is 0.100. The molecule has 4 nitrogen and oxygen atoms in total. The van der Waals surface area contributed by atoms with E-state index in [0.717, 1.165) is 18.8 Å². The molecule has 0 aromatic heterocycles. The third-order valence-corrected chi connectivity index (χ3v) is 4.28. The van der Waals surface area contributed by atoms with Crippen molar-refractivity contribution in [3.05, 3.63) is 22.7 Å². The highest BCUT2D eigenvalue weighted by atomic mass is 35.5. The Labute approximate surface area is 124 Å². The zero-order valence-electron chi connectivity index (χ0n) is 11.8. The van der Waals surface area contributed by atoms with Gasteiger partial charge in [0.05, 0.1) is 16.3 Å². The van der Waals surface area contributed by atoms with Crippen LogP contribution in [-0.4, -0.2) is 11.9 Å². The van der Waals surface area contributed by atoms with Gasteiger partial charge >= 0.3 is 0 Å². The van der Waals surface area contributed by atoms with Crippen LogP contribution in [0.3, 0.4) is 0 Å². The summed E-state index contributed by atoms with van der Waals surface area (Å²) in [4.78, 5) is 11.6. The second-order valence-electron chi connectivity index (χ2n) is 5.74. The summed E-state index contributed by atoms with van der Waals surface area (Å²) in [5.74, 6) is 0.253. The third kappa shape index (κ3) is 3.57. The predicted octanol–water partition coefficient (Wildman–Crippen LogP) is 3.40. The van der Waals surface area contributed by atoms with Gasteiger partial charge in [0.15, 0.2) is 0 Å². The zero-order chi connectivity index (χ0) is 14.7. The predicted molar refractivity (Wildman–Crippen MR) is 84.0 cm³/mol. The highest BCUT2D eigenvalue weighted by Gasteiger charge is 2.20. The number of hydrogen-bond acceptors (Lipinski definition) is 3. The van der Waals surface area contributed by atoms with Crippen molar-refractivity contribution in [3.63, 3.8) is 0 Å². The van der Waals surface area contributed by atoms with E-state index in [1.165, 1.54) is 19.3 Å². The molecule has 5 heteroatoms. The molecule has 2 rings (SSSR count). The van der Waals surface area contributed by atoms with Crippen LogP contribution >= 0.6 is 11.6 Å². The molecule has 110 valence electrons.